The molecule has 0 unspecified atom stereocenters. The topological polar surface area (TPSA) is 70.1 Å². The normalized spacial score (nSPS) is 21.8. The Bertz CT molecular complexity index is 958. The third-order valence-electron chi connectivity index (χ3n) is 4.50. The van der Waals surface area contributed by atoms with E-state index in [0.717, 1.165) is 4.90 Å². The van der Waals surface area contributed by atoms with Crippen molar-refractivity contribution in [3.8, 4) is 0 Å². The van der Waals surface area contributed by atoms with Gasteiger partial charge in [-0.25, -0.2) is 4.90 Å². The summed E-state index contributed by atoms with van der Waals surface area (Å²) in [6, 6.07) is 14.7. The average molecular weight is 368 g/mol. The summed E-state index contributed by atoms with van der Waals surface area (Å²) in [6.07, 6.45) is 0. The van der Waals surface area contributed by atoms with Crippen molar-refractivity contribution in [3.63, 3.8) is 0 Å². The number of imide groups is 1. The number of hydrogen-bond donors (Lipinski definition) is 0. The van der Waals surface area contributed by atoms with E-state index < -0.39 is 23.8 Å². The summed E-state index contributed by atoms with van der Waals surface area (Å²) in [5.74, 6) is -2.13. The molecule has 2 heterocycles. The lowest BCUT2D eigenvalue weighted by Crippen LogP contribution is -2.39. The summed E-state index contributed by atoms with van der Waals surface area (Å²) in [5, 5.41) is 6.18. The van der Waals surface area contributed by atoms with Crippen LogP contribution in [0.4, 0.5) is 11.4 Å². The summed E-state index contributed by atoms with van der Waals surface area (Å²) in [5.41, 5.74) is 1.13. The van der Waals surface area contributed by atoms with Gasteiger partial charge >= 0.3 is 0 Å². The molecule has 2 aromatic rings. The number of nitrogens with zero attached hydrogens (tertiary/aromatic N) is 3. The number of halogens is 1. The molecule has 2 aliphatic heterocycles. The Balaban J connectivity index is 1.81. The molecule has 0 aliphatic carbocycles. The lowest BCUT2D eigenvalue weighted by atomic mass is 9.95. The van der Waals surface area contributed by atoms with Crippen LogP contribution < -0.4 is 9.91 Å². The van der Waals surface area contributed by atoms with Crippen LogP contribution in [0.2, 0.25) is 5.02 Å². The molecule has 2 aromatic carbocycles. The zero-order valence-electron chi connectivity index (χ0n) is 13.8. The number of Topliss-reactive ketones (excluding diaryl/α,β-unsaturated/α-hetero) is 1. The van der Waals surface area contributed by atoms with E-state index in [1.54, 1.807) is 36.4 Å². The molecular formula is C19H14ClN3O3. The number of fused-ring (bicyclic) bond motifs is 1. The number of hydrazone groups is 1. The molecule has 0 spiro atoms. The highest BCUT2D eigenvalue weighted by Crippen LogP contribution is 2.38. The second-order valence-corrected chi connectivity index (χ2v) is 6.57. The largest absolute Gasteiger partial charge is 0.293 e. The van der Waals surface area contributed by atoms with Crippen LogP contribution in [0.15, 0.2) is 59.7 Å². The molecule has 0 radical (unpaired) electrons. The molecule has 1 saturated heterocycles. The van der Waals surface area contributed by atoms with Crippen molar-refractivity contribution in [3.05, 3.63) is 59.6 Å². The molecule has 2 atom stereocenters. The first-order chi connectivity index (χ1) is 12.5. The Morgan fingerprint density at radius 3 is 2.35 bits per heavy atom. The second-order valence-electron chi connectivity index (χ2n) is 6.14. The van der Waals surface area contributed by atoms with Gasteiger partial charge in [-0.15, -0.1) is 0 Å². The zero-order chi connectivity index (χ0) is 18.4. The summed E-state index contributed by atoms with van der Waals surface area (Å²) in [6.45, 7) is 1.35. The molecule has 130 valence electrons. The maximum Gasteiger partial charge on any atom is 0.259 e. The third-order valence-corrected chi connectivity index (χ3v) is 4.73. The van der Waals surface area contributed by atoms with Gasteiger partial charge < -0.3 is 0 Å². The highest BCUT2D eigenvalue weighted by Gasteiger charge is 2.58. The van der Waals surface area contributed by atoms with Gasteiger partial charge in [0.15, 0.2) is 5.78 Å². The lowest BCUT2D eigenvalue weighted by Gasteiger charge is -2.22. The van der Waals surface area contributed by atoms with Gasteiger partial charge in [0.1, 0.15) is 17.7 Å². The highest BCUT2D eigenvalue weighted by atomic mass is 35.5. The number of para-hydroxylation sites is 1. The fourth-order valence-corrected chi connectivity index (χ4v) is 3.55. The SMILES string of the molecule is CC(=O)C1=NN(c2ccccc2)[C@@H]2C(=O)N(c3cccc(Cl)c3)C(=O)[C@H]12. The van der Waals surface area contributed by atoms with Gasteiger partial charge in [-0.3, -0.25) is 19.4 Å². The first-order valence-electron chi connectivity index (χ1n) is 8.06. The number of benzene rings is 2. The summed E-state index contributed by atoms with van der Waals surface area (Å²) >= 11 is 6.01. The first kappa shape index (κ1) is 16.5. The van der Waals surface area contributed by atoms with E-state index in [-0.39, 0.29) is 11.5 Å². The van der Waals surface area contributed by atoms with Crippen LogP contribution in [0.3, 0.4) is 0 Å². The van der Waals surface area contributed by atoms with Crippen molar-refractivity contribution in [2.45, 2.75) is 13.0 Å². The lowest BCUT2D eigenvalue weighted by molar-refractivity contribution is -0.122. The van der Waals surface area contributed by atoms with Gasteiger partial charge in [-0.2, -0.15) is 5.10 Å². The molecule has 4 rings (SSSR count). The molecular weight excluding hydrogens is 354 g/mol. The van der Waals surface area contributed by atoms with Crippen LogP contribution in [0.1, 0.15) is 6.92 Å². The predicted octanol–water partition coefficient (Wildman–Crippen LogP) is 2.66. The van der Waals surface area contributed by atoms with E-state index >= 15 is 0 Å². The minimum Gasteiger partial charge on any atom is -0.293 e. The smallest absolute Gasteiger partial charge is 0.259 e. The van der Waals surface area contributed by atoms with Gasteiger partial charge in [-0.05, 0) is 30.3 Å². The van der Waals surface area contributed by atoms with Crippen LogP contribution in [-0.4, -0.2) is 29.4 Å². The monoisotopic (exact) mass is 367 g/mol. The van der Waals surface area contributed by atoms with E-state index in [1.807, 2.05) is 18.2 Å². The van der Waals surface area contributed by atoms with Gasteiger partial charge in [0.05, 0.1) is 11.4 Å². The van der Waals surface area contributed by atoms with E-state index in [2.05, 4.69) is 5.10 Å². The van der Waals surface area contributed by atoms with Crippen molar-refractivity contribution in [2.75, 3.05) is 9.91 Å². The van der Waals surface area contributed by atoms with Crippen LogP contribution in [-0.2, 0) is 14.4 Å². The molecule has 7 heteroatoms. The zero-order valence-corrected chi connectivity index (χ0v) is 14.6. The van der Waals surface area contributed by atoms with Crippen LogP contribution in [0.5, 0.6) is 0 Å². The van der Waals surface area contributed by atoms with Crippen molar-refractivity contribution in [1.29, 1.82) is 0 Å². The summed E-state index contributed by atoms with van der Waals surface area (Å²) in [7, 11) is 0. The van der Waals surface area contributed by atoms with Gasteiger partial charge in [0.25, 0.3) is 5.91 Å². The van der Waals surface area contributed by atoms with Crippen molar-refractivity contribution in [1.82, 2.24) is 0 Å². The van der Waals surface area contributed by atoms with Crippen LogP contribution in [0.25, 0.3) is 0 Å². The number of ketones is 1. The molecule has 6 nitrogen and oxygen atoms in total. The highest BCUT2D eigenvalue weighted by molar-refractivity contribution is 6.49. The fourth-order valence-electron chi connectivity index (χ4n) is 3.37. The number of carbonyl (C=O) groups is 3. The minimum absolute atomic E-state index is 0.0988. The van der Waals surface area contributed by atoms with E-state index in [1.165, 1.54) is 11.9 Å². The first-order valence-corrected chi connectivity index (χ1v) is 8.44. The standard InChI is InChI=1S/C19H14ClN3O3/c1-11(24)16-15-17(23(21-16)13-7-3-2-4-8-13)19(26)22(18(15)25)14-9-5-6-12(20)10-14/h2-10,15,17H,1H3/t15-,17+/m1/s1. The molecule has 2 amide bonds. The minimum atomic E-state index is -0.917. The van der Waals surface area contributed by atoms with Crippen molar-refractivity contribution < 1.29 is 14.4 Å². The molecule has 0 bridgehead atoms. The quantitative estimate of drug-likeness (QED) is 0.782. The van der Waals surface area contributed by atoms with Gasteiger partial charge in [0.2, 0.25) is 5.91 Å². The van der Waals surface area contributed by atoms with E-state index in [9.17, 15) is 14.4 Å². The number of hydrogen-bond acceptors (Lipinski definition) is 5. The van der Waals surface area contributed by atoms with E-state index in [4.69, 9.17) is 11.6 Å². The van der Waals surface area contributed by atoms with Crippen molar-refractivity contribution >= 4 is 46.3 Å². The Morgan fingerprint density at radius 1 is 1.00 bits per heavy atom. The maximum absolute atomic E-state index is 13.1. The number of carbonyl (C=O) groups excluding carboxylic acids is 3. The average Bonchev–Trinajstić information content (AvgIpc) is 3.13. The summed E-state index contributed by atoms with van der Waals surface area (Å²) in [4.78, 5) is 39.2. The second kappa shape index (κ2) is 6.07. The fraction of sp³-hybridized carbons (Fsp3) is 0.158. The number of anilines is 2. The third kappa shape index (κ3) is 2.42. The van der Waals surface area contributed by atoms with Crippen LogP contribution >= 0.6 is 11.6 Å². The molecule has 26 heavy (non-hydrogen) atoms. The van der Waals surface area contributed by atoms with Gasteiger partial charge in [-0.1, -0.05) is 35.9 Å². The Morgan fingerprint density at radius 2 is 1.69 bits per heavy atom. The van der Waals surface area contributed by atoms with Gasteiger partial charge in [0, 0.05) is 11.9 Å². The van der Waals surface area contributed by atoms with Crippen LogP contribution in [0, 0.1) is 5.92 Å². The Hall–Kier alpha value is -2.99. The predicted molar refractivity (Wildman–Crippen MR) is 98.3 cm³/mol. The molecule has 0 saturated carbocycles. The summed E-state index contributed by atoms with van der Waals surface area (Å²) < 4.78 is 0. The Kier molecular flexibility index (Phi) is 3.85. The van der Waals surface area contributed by atoms with Crippen molar-refractivity contribution in [2.24, 2.45) is 11.0 Å². The molecule has 1 fully saturated rings. The molecule has 2 aliphatic rings. The number of amides is 2. The maximum atomic E-state index is 13.1. The number of rotatable bonds is 3. The molecule has 0 N–H and O–H groups in total. The molecule has 0 aromatic heterocycles. The van der Waals surface area contributed by atoms with E-state index in [0.29, 0.717) is 16.4 Å². The Labute approximate surface area is 154 Å².